The normalized spacial score (nSPS) is 16.6. The molecule has 1 saturated heterocycles. The first-order valence-electron chi connectivity index (χ1n) is 10.3. The monoisotopic (exact) mass is 431 g/mol. The minimum atomic E-state index is -0.327. The largest absolute Gasteiger partial charge is 0.378 e. The minimum absolute atomic E-state index is 0.0531. The molecule has 0 saturated carbocycles. The third kappa shape index (κ3) is 4.52. The number of carbonyl (C=O) groups excluding carboxylic acids is 1. The SMILES string of the molecule is CCN(C(=O)CSc1nnc(N2CCOCC2)n1-c1cccc(F)c1)C1=CCCC1. The van der Waals surface area contributed by atoms with Crippen molar-refractivity contribution < 1.29 is 13.9 Å². The fourth-order valence-corrected chi connectivity index (χ4v) is 4.63. The Kier molecular flexibility index (Phi) is 6.69. The molecule has 1 fully saturated rings. The van der Waals surface area contributed by atoms with Crippen molar-refractivity contribution in [3.05, 3.63) is 41.9 Å². The van der Waals surface area contributed by atoms with E-state index in [-0.39, 0.29) is 17.5 Å². The van der Waals surface area contributed by atoms with Gasteiger partial charge in [-0.25, -0.2) is 4.39 Å². The third-order valence-corrected chi connectivity index (χ3v) is 6.20. The maximum absolute atomic E-state index is 13.9. The number of morpholine rings is 1. The average Bonchev–Trinajstić information content (AvgIpc) is 3.44. The second kappa shape index (κ2) is 9.61. The molecule has 2 heterocycles. The van der Waals surface area contributed by atoms with Crippen LogP contribution in [0.4, 0.5) is 10.3 Å². The highest BCUT2D eigenvalue weighted by atomic mass is 32.2. The van der Waals surface area contributed by atoms with Crippen molar-refractivity contribution in [3.63, 3.8) is 0 Å². The Morgan fingerprint density at radius 1 is 1.30 bits per heavy atom. The summed E-state index contributed by atoms with van der Waals surface area (Å²) in [4.78, 5) is 16.8. The number of anilines is 1. The van der Waals surface area contributed by atoms with Crippen molar-refractivity contribution in [1.82, 2.24) is 19.7 Å². The molecule has 1 aliphatic carbocycles. The molecule has 1 aromatic heterocycles. The summed E-state index contributed by atoms with van der Waals surface area (Å²) >= 11 is 1.33. The van der Waals surface area contributed by atoms with Gasteiger partial charge in [0.1, 0.15) is 5.82 Å². The maximum Gasteiger partial charge on any atom is 0.237 e. The predicted molar refractivity (Wildman–Crippen MR) is 114 cm³/mol. The van der Waals surface area contributed by atoms with Crippen LogP contribution in [0, 0.1) is 5.82 Å². The van der Waals surface area contributed by atoms with Crippen molar-refractivity contribution in [2.45, 2.75) is 31.3 Å². The summed E-state index contributed by atoms with van der Waals surface area (Å²) in [6, 6.07) is 6.36. The van der Waals surface area contributed by atoms with E-state index in [0.717, 1.165) is 25.0 Å². The van der Waals surface area contributed by atoms with Crippen LogP contribution in [-0.2, 0) is 9.53 Å². The van der Waals surface area contributed by atoms with E-state index < -0.39 is 0 Å². The Labute approximate surface area is 179 Å². The van der Waals surface area contributed by atoms with Gasteiger partial charge in [0.05, 0.1) is 24.7 Å². The molecule has 9 heteroatoms. The van der Waals surface area contributed by atoms with Crippen LogP contribution in [-0.4, -0.2) is 64.2 Å². The van der Waals surface area contributed by atoms with Crippen molar-refractivity contribution in [1.29, 1.82) is 0 Å². The standard InChI is InChI=1S/C21H26FN5O2S/c1-2-26(17-7-3-4-8-17)19(28)15-30-21-24-23-20(25-10-12-29-13-11-25)27(21)18-9-5-6-16(22)14-18/h5-7,9,14H,2-4,8,10-13,15H2,1H3. The Morgan fingerprint density at radius 2 is 2.13 bits per heavy atom. The zero-order valence-corrected chi connectivity index (χ0v) is 17.9. The van der Waals surface area contributed by atoms with Gasteiger partial charge in [-0.15, -0.1) is 10.2 Å². The van der Waals surface area contributed by atoms with E-state index in [9.17, 15) is 9.18 Å². The first-order valence-corrected chi connectivity index (χ1v) is 11.3. The lowest BCUT2D eigenvalue weighted by Gasteiger charge is -2.28. The lowest BCUT2D eigenvalue weighted by Crippen LogP contribution is -2.38. The molecule has 2 aliphatic rings. The van der Waals surface area contributed by atoms with Gasteiger partial charge in [-0.1, -0.05) is 23.9 Å². The highest BCUT2D eigenvalue weighted by Gasteiger charge is 2.24. The number of benzene rings is 1. The van der Waals surface area contributed by atoms with Crippen LogP contribution in [0.25, 0.3) is 5.69 Å². The maximum atomic E-state index is 13.9. The van der Waals surface area contributed by atoms with E-state index in [1.165, 1.54) is 23.9 Å². The molecular weight excluding hydrogens is 405 g/mol. The number of halogens is 1. The van der Waals surface area contributed by atoms with E-state index >= 15 is 0 Å². The first kappa shape index (κ1) is 20.9. The van der Waals surface area contributed by atoms with E-state index in [1.54, 1.807) is 6.07 Å². The van der Waals surface area contributed by atoms with E-state index in [2.05, 4.69) is 21.2 Å². The van der Waals surface area contributed by atoms with Gasteiger partial charge in [-0.3, -0.25) is 9.36 Å². The van der Waals surface area contributed by atoms with Gasteiger partial charge in [0, 0.05) is 25.3 Å². The quantitative estimate of drug-likeness (QED) is 0.627. The highest BCUT2D eigenvalue weighted by Crippen LogP contribution is 2.29. The molecule has 0 atom stereocenters. The van der Waals surface area contributed by atoms with Crippen molar-refractivity contribution >= 4 is 23.6 Å². The molecular formula is C21H26FN5O2S. The molecule has 0 bridgehead atoms. The summed E-state index contributed by atoms with van der Waals surface area (Å²) in [6.07, 6.45) is 5.23. The first-order chi connectivity index (χ1) is 14.7. The van der Waals surface area contributed by atoms with Crippen LogP contribution < -0.4 is 4.90 Å². The molecule has 4 rings (SSSR count). The van der Waals surface area contributed by atoms with Crippen LogP contribution in [0.5, 0.6) is 0 Å². The number of nitrogens with zero attached hydrogens (tertiary/aromatic N) is 5. The van der Waals surface area contributed by atoms with Gasteiger partial charge in [-0.2, -0.15) is 0 Å². The summed E-state index contributed by atoms with van der Waals surface area (Å²) in [5, 5.41) is 9.28. The molecule has 1 aliphatic heterocycles. The fourth-order valence-electron chi connectivity index (χ4n) is 3.81. The van der Waals surface area contributed by atoms with Crippen LogP contribution in [0.3, 0.4) is 0 Å². The number of aromatic nitrogens is 3. The number of rotatable bonds is 7. The van der Waals surface area contributed by atoms with Gasteiger partial charge < -0.3 is 14.5 Å². The minimum Gasteiger partial charge on any atom is -0.378 e. The Morgan fingerprint density at radius 3 is 2.83 bits per heavy atom. The molecule has 2 aromatic rings. The zero-order valence-electron chi connectivity index (χ0n) is 17.1. The van der Waals surface area contributed by atoms with Crippen LogP contribution in [0.2, 0.25) is 0 Å². The van der Waals surface area contributed by atoms with Gasteiger partial charge in [0.25, 0.3) is 0 Å². The Hall–Kier alpha value is -2.39. The number of carbonyl (C=O) groups is 1. The molecule has 1 amide bonds. The third-order valence-electron chi connectivity index (χ3n) is 5.28. The van der Waals surface area contributed by atoms with Gasteiger partial charge in [0.2, 0.25) is 11.9 Å². The van der Waals surface area contributed by atoms with Crippen molar-refractivity contribution in [2.24, 2.45) is 0 Å². The van der Waals surface area contributed by atoms with Crippen LogP contribution >= 0.6 is 11.8 Å². The van der Waals surface area contributed by atoms with Gasteiger partial charge in [0.15, 0.2) is 5.16 Å². The van der Waals surface area contributed by atoms with Crippen molar-refractivity contribution in [3.8, 4) is 5.69 Å². The molecule has 0 spiro atoms. The molecule has 0 radical (unpaired) electrons. The number of amides is 1. The fraction of sp³-hybridized carbons (Fsp3) is 0.476. The second-order valence-corrected chi connectivity index (χ2v) is 8.15. The predicted octanol–water partition coefficient (Wildman–Crippen LogP) is 3.25. The lowest BCUT2D eigenvalue weighted by molar-refractivity contribution is -0.126. The van der Waals surface area contributed by atoms with Gasteiger partial charge in [-0.05, 0) is 44.4 Å². The number of thioether (sulfide) groups is 1. The van der Waals surface area contributed by atoms with Crippen LogP contribution in [0.15, 0.2) is 41.2 Å². The number of ether oxygens (including phenoxy) is 1. The average molecular weight is 432 g/mol. The summed E-state index contributed by atoms with van der Waals surface area (Å²) in [7, 11) is 0. The smallest absolute Gasteiger partial charge is 0.237 e. The van der Waals surface area contributed by atoms with Gasteiger partial charge >= 0.3 is 0 Å². The number of allylic oxidation sites excluding steroid dienone is 2. The van der Waals surface area contributed by atoms with Crippen LogP contribution in [0.1, 0.15) is 26.2 Å². The summed E-state index contributed by atoms with van der Waals surface area (Å²) in [5.74, 6) is 0.621. The summed E-state index contributed by atoms with van der Waals surface area (Å²) in [5.41, 5.74) is 1.76. The van der Waals surface area contributed by atoms with E-state index in [4.69, 9.17) is 4.74 Å². The number of hydrogen-bond acceptors (Lipinski definition) is 6. The Balaban J connectivity index is 1.58. The molecule has 7 nitrogen and oxygen atoms in total. The number of hydrogen-bond donors (Lipinski definition) is 0. The summed E-state index contributed by atoms with van der Waals surface area (Å²) < 4.78 is 21.2. The second-order valence-electron chi connectivity index (χ2n) is 7.21. The molecule has 0 unspecified atom stereocenters. The summed E-state index contributed by atoms with van der Waals surface area (Å²) in [6.45, 7) is 5.24. The molecule has 30 heavy (non-hydrogen) atoms. The molecule has 0 N–H and O–H groups in total. The van der Waals surface area contributed by atoms with Crippen molar-refractivity contribution in [2.75, 3.05) is 43.5 Å². The Bertz CT molecular complexity index is 926. The lowest BCUT2D eigenvalue weighted by atomic mass is 10.3. The van der Waals surface area contributed by atoms with E-state index in [0.29, 0.717) is 49.6 Å². The highest BCUT2D eigenvalue weighted by molar-refractivity contribution is 7.99. The zero-order chi connectivity index (χ0) is 20.9. The molecule has 160 valence electrons. The van der Waals surface area contributed by atoms with E-state index in [1.807, 2.05) is 22.5 Å². The molecule has 1 aromatic carbocycles. The topological polar surface area (TPSA) is 63.5 Å².